The van der Waals surface area contributed by atoms with Crippen LogP contribution in [0.1, 0.15) is 11.1 Å². The second-order valence-corrected chi connectivity index (χ2v) is 5.54. The van der Waals surface area contributed by atoms with Crippen LogP contribution in [-0.2, 0) is 6.54 Å². The minimum atomic E-state index is 0.774. The van der Waals surface area contributed by atoms with Crippen molar-refractivity contribution < 1.29 is 9.47 Å². The van der Waals surface area contributed by atoms with Crippen LogP contribution in [0, 0.1) is 6.92 Å². The maximum Gasteiger partial charge on any atom is 0.175 e. The van der Waals surface area contributed by atoms with E-state index in [-0.39, 0.29) is 0 Å². The number of piperazine rings is 1. The van der Waals surface area contributed by atoms with Crippen LogP contribution >= 0.6 is 15.9 Å². The lowest BCUT2D eigenvalue weighted by atomic mass is 10.1. The van der Waals surface area contributed by atoms with Crippen molar-refractivity contribution in [1.82, 2.24) is 10.2 Å². The fourth-order valence-corrected chi connectivity index (χ4v) is 3.19. The van der Waals surface area contributed by atoms with Crippen molar-refractivity contribution in [2.24, 2.45) is 0 Å². The van der Waals surface area contributed by atoms with Crippen LogP contribution < -0.4 is 14.8 Å². The number of ether oxygens (including phenoxy) is 2. The number of benzene rings is 1. The molecule has 106 valence electrons. The van der Waals surface area contributed by atoms with Crippen molar-refractivity contribution in [2.45, 2.75) is 13.5 Å². The van der Waals surface area contributed by atoms with Gasteiger partial charge in [-0.1, -0.05) is 0 Å². The molecule has 1 aliphatic rings. The number of methoxy groups -OCH3 is 2. The van der Waals surface area contributed by atoms with Gasteiger partial charge in [-0.05, 0) is 40.0 Å². The maximum atomic E-state index is 5.45. The van der Waals surface area contributed by atoms with Gasteiger partial charge < -0.3 is 14.8 Å². The first-order chi connectivity index (χ1) is 9.17. The molecule has 0 aromatic heterocycles. The van der Waals surface area contributed by atoms with Crippen LogP contribution in [0.15, 0.2) is 10.5 Å². The van der Waals surface area contributed by atoms with E-state index in [4.69, 9.17) is 9.47 Å². The summed E-state index contributed by atoms with van der Waals surface area (Å²) in [5.41, 5.74) is 2.50. The van der Waals surface area contributed by atoms with Gasteiger partial charge in [-0.15, -0.1) is 0 Å². The lowest BCUT2D eigenvalue weighted by Gasteiger charge is -2.28. The molecule has 0 atom stereocenters. The number of halogens is 1. The van der Waals surface area contributed by atoms with Gasteiger partial charge in [-0.25, -0.2) is 0 Å². The maximum absolute atomic E-state index is 5.45. The molecule has 0 unspecified atom stereocenters. The Morgan fingerprint density at radius 3 is 2.53 bits per heavy atom. The Morgan fingerprint density at radius 1 is 1.26 bits per heavy atom. The first-order valence-electron chi connectivity index (χ1n) is 6.50. The zero-order valence-corrected chi connectivity index (χ0v) is 13.3. The van der Waals surface area contributed by atoms with Gasteiger partial charge in [0.15, 0.2) is 11.5 Å². The summed E-state index contributed by atoms with van der Waals surface area (Å²) < 4.78 is 11.8. The number of hydrogen-bond donors (Lipinski definition) is 1. The van der Waals surface area contributed by atoms with Gasteiger partial charge in [-0.2, -0.15) is 0 Å². The summed E-state index contributed by atoms with van der Waals surface area (Å²) in [6.45, 7) is 7.34. The highest BCUT2D eigenvalue weighted by Gasteiger charge is 2.18. The van der Waals surface area contributed by atoms with Crippen molar-refractivity contribution in [3.8, 4) is 11.5 Å². The molecule has 1 fully saturated rings. The number of hydrogen-bond acceptors (Lipinski definition) is 4. The van der Waals surface area contributed by atoms with Crippen molar-refractivity contribution >= 4 is 15.9 Å². The summed E-state index contributed by atoms with van der Waals surface area (Å²) in [7, 11) is 3.34. The second kappa shape index (κ2) is 6.59. The fourth-order valence-electron chi connectivity index (χ4n) is 2.40. The van der Waals surface area contributed by atoms with Crippen molar-refractivity contribution in [2.75, 3.05) is 40.4 Å². The molecule has 0 aliphatic carbocycles. The third kappa shape index (κ3) is 3.22. The van der Waals surface area contributed by atoms with E-state index >= 15 is 0 Å². The van der Waals surface area contributed by atoms with E-state index in [9.17, 15) is 0 Å². The third-order valence-corrected chi connectivity index (χ3v) is 4.37. The van der Waals surface area contributed by atoms with Gasteiger partial charge in [-0.3, -0.25) is 4.90 Å². The van der Waals surface area contributed by atoms with Crippen molar-refractivity contribution in [3.63, 3.8) is 0 Å². The minimum absolute atomic E-state index is 0.774. The van der Waals surface area contributed by atoms with Gasteiger partial charge in [0.1, 0.15) is 0 Å². The Bertz CT molecular complexity index is 446. The Morgan fingerprint density at radius 2 is 1.95 bits per heavy atom. The predicted octanol–water partition coefficient (Wildman–Crippen LogP) is 2.18. The van der Waals surface area contributed by atoms with E-state index in [1.165, 1.54) is 11.1 Å². The molecule has 1 aromatic carbocycles. The van der Waals surface area contributed by atoms with E-state index in [0.29, 0.717) is 0 Å². The van der Waals surface area contributed by atoms with Gasteiger partial charge in [0.25, 0.3) is 0 Å². The lowest BCUT2D eigenvalue weighted by Crippen LogP contribution is -2.43. The van der Waals surface area contributed by atoms with Crippen LogP contribution in [0.4, 0.5) is 0 Å². The first kappa shape index (κ1) is 14.6. The highest BCUT2D eigenvalue weighted by molar-refractivity contribution is 9.10. The molecule has 0 bridgehead atoms. The molecule has 1 heterocycles. The zero-order valence-electron chi connectivity index (χ0n) is 11.8. The van der Waals surface area contributed by atoms with Crippen LogP contribution in [0.2, 0.25) is 0 Å². The summed E-state index contributed by atoms with van der Waals surface area (Å²) in [5.74, 6) is 1.55. The number of nitrogens with zero attached hydrogens (tertiary/aromatic N) is 1. The normalized spacial score (nSPS) is 16.4. The average molecular weight is 329 g/mol. The first-order valence-corrected chi connectivity index (χ1v) is 7.29. The highest BCUT2D eigenvalue weighted by Crippen LogP contribution is 2.40. The predicted molar refractivity (Wildman–Crippen MR) is 80.1 cm³/mol. The molecule has 2 rings (SSSR count). The zero-order chi connectivity index (χ0) is 13.8. The van der Waals surface area contributed by atoms with Gasteiger partial charge in [0.05, 0.1) is 18.7 Å². The second-order valence-electron chi connectivity index (χ2n) is 4.75. The summed E-state index contributed by atoms with van der Waals surface area (Å²) in [6, 6.07) is 2.04. The topological polar surface area (TPSA) is 33.7 Å². The van der Waals surface area contributed by atoms with Gasteiger partial charge in [0.2, 0.25) is 0 Å². The number of aryl methyl sites for hydroxylation is 1. The molecule has 0 saturated carbocycles. The molecular formula is C14H21BrN2O2. The summed E-state index contributed by atoms with van der Waals surface area (Å²) in [6.07, 6.45) is 0. The van der Waals surface area contributed by atoms with Crippen molar-refractivity contribution in [1.29, 1.82) is 0 Å². The largest absolute Gasteiger partial charge is 0.493 e. The number of nitrogens with one attached hydrogen (secondary N) is 1. The Hall–Kier alpha value is -0.780. The summed E-state index contributed by atoms with van der Waals surface area (Å²) in [5, 5.41) is 3.37. The Kier molecular flexibility index (Phi) is 5.07. The van der Waals surface area contributed by atoms with E-state index in [0.717, 1.165) is 48.7 Å². The lowest BCUT2D eigenvalue weighted by molar-refractivity contribution is 0.232. The van der Waals surface area contributed by atoms with E-state index in [2.05, 4.69) is 33.1 Å². The summed E-state index contributed by atoms with van der Waals surface area (Å²) >= 11 is 3.66. The highest BCUT2D eigenvalue weighted by atomic mass is 79.9. The molecule has 0 spiro atoms. The number of rotatable bonds is 4. The third-order valence-electron chi connectivity index (χ3n) is 3.53. The molecule has 1 saturated heterocycles. The van der Waals surface area contributed by atoms with Gasteiger partial charge >= 0.3 is 0 Å². The molecule has 1 N–H and O–H groups in total. The molecule has 1 aromatic rings. The fraction of sp³-hybridized carbons (Fsp3) is 0.571. The van der Waals surface area contributed by atoms with Crippen LogP contribution in [0.3, 0.4) is 0 Å². The summed E-state index contributed by atoms with van der Waals surface area (Å²) in [4.78, 5) is 2.45. The van der Waals surface area contributed by atoms with Crippen LogP contribution in [0.25, 0.3) is 0 Å². The van der Waals surface area contributed by atoms with Gasteiger partial charge in [0, 0.05) is 32.7 Å². The molecule has 4 nitrogen and oxygen atoms in total. The molecule has 0 radical (unpaired) electrons. The quantitative estimate of drug-likeness (QED) is 0.918. The SMILES string of the molecule is COc1cc(C)c(CN2CCNCC2)c(Br)c1OC. The van der Waals surface area contributed by atoms with E-state index in [1.807, 2.05) is 6.07 Å². The minimum Gasteiger partial charge on any atom is -0.493 e. The Balaban J connectivity index is 2.28. The van der Waals surface area contributed by atoms with Crippen LogP contribution in [-0.4, -0.2) is 45.3 Å². The van der Waals surface area contributed by atoms with E-state index < -0.39 is 0 Å². The molecular weight excluding hydrogens is 308 g/mol. The smallest absolute Gasteiger partial charge is 0.175 e. The average Bonchev–Trinajstić information content (AvgIpc) is 2.44. The van der Waals surface area contributed by atoms with Crippen LogP contribution in [0.5, 0.6) is 11.5 Å². The molecule has 19 heavy (non-hydrogen) atoms. The molecule has 5 heteroatoms. The van der Waals surface area contributed by atoms with Crippen molar-refractivity contribution in [3.05, 3.63) is 21.7 Å². The Labute approximate surface area is 123 Å². The van der Waals surface area contributed by atoms with E-state index in [1.54, 1.807) is 14.2 Å². The molecule has 1 aliphatic heterocycles. The monoisotopic (exact) mass is 328 g/mol. The molecule has 0 amide bonds. The standard InChI is InChI=1S/C14H21BrN2O2/c1-10-8-12(18-2)14(19-3)13(15)11(10)9-17-6-4-16-5-7-17/h8,16H,4-7,9H2,1-3H3.